The summed E-state index contributed by atoms with van der Waals surface area (Å²) in [5.41, 5.74) is 1.32. The van der Waals surface area contributed by atoms with Crippen LogP contribution in [0.3, 0.4) is 0 Å². The summed E-state index contributed by atoms with van der Waals surface area (Å²) < 4.78 is 12.7. The quantitative estimate of drug-likeness (QED) is 0.424. The summed E-state index contributed by atoms with van der Waals surface area (Å²) in [5.74, 6) is -0.202. The van der Waals surface area contributed by atoms with Crippen LogP contribution in [-0.2, 0) is 16.1 Å². The number of methoxy groups -OCH3 is 1. The Morgan fingerprint density at radius 3 is 2.45 bits per heavy atom. The third kappa shape index (κ3) is 4.56. The molecule has 0 fully saturated rings. The summed E-state index contributed by atoms with van der Waals surface area (Å²) in [7, 11) is 1.29. The average Bonchev–Trinajstić information content (AvgIpc) is 3.26. The van der Waals surface area contributed by atoms with Gasteiger partial charge in [-0.15, -0.1) is 5.10 Å². The Hall–Kier alpha value is -4.54. The van der Waals surface area contributed by atoms with Gasteiger partial charge in [0.15, 0.2) is 11.2 Å². The molecule has 4 rings (SSSR count). The Labute approximate surface area is 187 Å². The molecule has 0 aliphatic heterocycles. The number of carbonyl (C=O) groups is 2. The first kappa shape index (κ1) is 21.7. The molecule has 2 aromatic heterocycles. The van der Waals surface area contributed by atoms with E-state index in [1.807, 2.05) is 6.92 Å². The number of aromatic nitrogens is 5. The van der Waals surface area contributed by atoms with Gasteiger partial charge < -0.3 is 14.8 Å². The maximum atomic E-state index is 12.8. The first-order valence-electron chi connectivity index (χ1n) is 10.0. The molecule has 11 heteroatoms. The van der Waals surface area contributed by atoms with Crippen LogP contribution in [0.4, 0.5) is 5.69 Å². The Bertz CT molecular complexity index is 1360. The Kier molecular flexibility index (Phi) is 6.11. The predicted molar refractivity (Wildman–Crippen MR) is 119 cm³/mol. The fourth-order valence-electron chi connectivity index (χ4n) is 3.14. The number of nitrogens with one attached hydrogen (secondary N) is 1. The maximum Gasteiger partial charge on any atom is 0.337 e. The number of hydrogen-bond donors (Lipinski definition) is 1. The van der Waals surface area contributed by atoms with Crippen molar-refractivity contribution in [1.29, 1.82) is 0 Å². The minimum atomic E-state index is -0.492. The third-order valence-corrected chi connectivity index (χ3v) is 4.73. The van der Waals surface area contributed by atoms with Crippen molar-refractivity contribution < 1.29 is 19.1 Å². The van der Waals surface area contributed by atoms with Crippen molar-refractivity contribution >= 4 is 28.7 Å². The van der Waals surface area contributed by atoms with Crippen molar-refractivity contribution in [3.05, 3.63) is 70.8 Å². The minimum Gasteiger partial charge on any atom is -0.494 e. The molecule has 11 nitrogen and oxygen atoms in total. The van der Waals surface area contributed by atoms with Crippen LogP contribution in [0.1, 0.15) is 17.3 Å². The van der Waals surface area contributed by atoms with Crippen LogP contribution >= 0.6 is 0 Å². The highest BCUT2D eigenvalue weighted by Crippen LogP contribution is 2.17. The average molecular weight is 448 g/mol. The Morgan fingerprint density at radius 2 is 1.79 bits per heavy atom. The first-order valence-corrected chi connectivity index (χ1v) is 10.0. The zero-order valence-electron chi connectivity index (χ0n) is 17.9. The van der Waals surface area contributed by atoms with E-state index in [0.717, 1.165) is 4.57 Å². The molecule has 0 saturated heterocycles. The summed E-state index contributed by atoms with van der Waals surface area (Å²) in [5, 5.41) is 10.6. The molecule has 2 heterocycles. The van der Waals surface area contributed by atoms with Crippen molar-refractivity contribution in [3.63, 3.8) is 0 Å². The van der Waals surface area contributed by atoms with E-state index >= 15 is 0 Å². The monoisotopic (exact) mass is 448 g/mol. The standard InChI is InChI=1S/C22H20N6O5/c1-3-33-17-10-8-16(9-11-17)28-20-19(25-26-28)21(30)27(13-23-20)12-18(29)24-15-6-4-14(5-7-15)22(31)32-2/h4-11,13H,3,12H2,1-2H3,(H,24,29). The lowest BCUT2D eigenvalue weighted by Gasteiger charge is -2.08. The molecule has 33 heavy (non-hydrogen) atoms. The Morgan fingerprint density at radius 1 is 1.06 bits per heavy atom. The summed E-state index contributed by atoms with van der Waals surface area (Å²) in [6.07, 6.45) is 1.28. The van der Waals surface area contributed by atoms with Crippen LogP contribution in [0.25, 0.3) is 16.9 Å². The van der Waals surface area contributed by atoms with Gasteiger partial charge in [0.05, 0.1) is 25.0 Å². The number of ether oxygens (including phenoxy) is 2. The number of rotatable bonds is 7. The van der Waals surface area contributed by atoms with E-state index in [9.17, 15) is 14.4 Å². The molecule has 0 unspecified atom stereocenters. The van der Waals surface area contributed by atoms with E-state index in [1.165, 1.54) is 30.3 Å². The van der Waals surface area contributed by atoms with E-state index in [2.05, 4.69) is 25.3 Å². The number of fused-ring (bicyclic) bond motifs is 1. The second kappa shape index (κ2) is 9.30. The molecule has 1 N–H and O–H groups in total. The number of esters is 1. The molecule has 2 aromatic carbocycles. The molecule has 168 valence electrons. The van der Waals surface area contributed by atoms with E-state index in [0.29, 0.717) is 29.3 Å². The van der Waals surface area contributed by atoms with Gasteiger partial charge in [0, 0.05) is 5.69 Å². The fourth-order valence-corrected chi connectivity index (χ4v) is 3.14. The van der Waals surface area contributed by atoms with Crippen molar-refractivity contribution in [2.24, 2.45) is 0 Å². The molecule has 0 spiro atoms. The molecule has 1 amide bonds. The van der Waals surface area contributed by atoms with Crippen molar-refractivity contribution in [3.8, 4) is 11.4 Å². The molecule has 0 saturated carbocycles. The first-order chi connectivity index (χ1) is 16.0. The van der Waals surface area contributed by atoms with Gasteiger partial charge in [-0.05, 0) is 55.5 Å². The highest BCUT2D eigenvalue weighted by Gasteiger charge is 2.15. The van der Waals surface area contributed by atoms with Crippen molar-refractivity contribution in [1.82, 2.24) is 24.5 Å². The van der Waals surface area contributed by atoms with E-state index < -0.39 is 17.4 Å². The topological polar surface area (TPSA) is 130 Å². The number of nitrogens with zero attached hydrogens (tertiary/aromatic N) is 5. The second-order valence-electron chi connectivity index (χ2n) is 6.90. The van der Waals surface area contributed by atoms with Gasteiger partial charge in [0.25, 0.3) is 5.56 Å². The SMILES string of the molecule is CCOc1ccc(-n2nnc3c(=O)n(CC(=O)Nc4ccc(C(=O)OC)cc4)cnc32)cc1. The molecule has 0 aliphatic carbocycles. The van der Waals surface area contributed by atoms with E-state index in [4.69, 9.17) is 4.74 Å². The summed E-state index contributed by atoms with van der Waals surface area (Å²) in [4.78, 5) is 41.0. The van der Waals surface area contributed by atoms with Gasteiger partial charge in [-0.25, -0.2) is 9.78 Å². The van der Waals surface area contributed by atoms with Gasteiger partial charge in [-0.1, -0.05) is 5.21 Å². The predicted octanol–water partition coefficient (Wildman–Crippen LogP) is 1.80. The van der Waals surface area contributed by atoms with Crippen LogP contribution < -0.4 is 15.6 Å². The second-order valence-corrected chi connectivity index (χ2v) is 6.90. The molecular weight excluding hydrogens is 428 g/mol. The van der Waals surface area contributed by atoms with Crippen LogP contribution in [0, 0.1) is 0 Å². The van der Waals surface area contributed by atoms with Gasteiger partial charge in [0.2, 0.25) is 5.91 Å². The largest absolute Gasteiger partial charge is 0.494 e. The molecule has 0 radical (unpaired) electrons. The van der Waals surface area contributed by atoms with Crippen LogP contribution in [-0.4, -0.2) is 50.1 Å². The van der Waals surface area contributed by atoms with Crippen LogP contribution in [0.15, 0.2) is 59.7 Å². The molecule has 0 atom stereocenters. The smallest absolute Gasteiger partial charge is 0.337 e. The van der Waals surface area contributed by atoms with Gasteiger partial charge in [-0.3, -0.25) is 14.2 Å². The van der Waals surface area contributed by atoms with Gasteiger partial charge >= 0.3 is 5.97 Å². The van der Waals surface area contributed by atoms with Gasteiger partial charge in [0.1, 0.15) is 18.6 Å². The summed E-state index contributed by atoms with van der Waals surface area (Å²) in [6.45, 7) is 2.18. The van der Waals surface area contributed by atoms with E-state index in [1.54, 1.807) is 36.4 Å². The highest BCUT2D eigenvalue weighted by molar-refractivity contribution is 5.93. The zero-order chi connectivity index (χ0) is 23.4. The number of hydrogen-bond acceptors (Lipinski definition) is 8. The number of amides is 1. The van der Waals surface area contributed by atoms with Crippen LogP contribution in [0.2, 0.25) is 0 Å². The molecule has 0 bridgehead atoms. The molecule has 4 aromatic rings. The van der Waals surface area contributed by atoms with Crippen molar-refractivity contribution in [2.75, 3.05) is 19.0 Å². The lowest BCUT2D eigenvalue weighted by atomic mass is 10.2. The maximum absolute atomic E-state index is 12.8. The number of anilines is 1. The molecule has 0 aliphatic rings. The molecular formula is C22H20N6O5. The minimum absolute atomic E-state index is 0.0432. The van der Waals surface area contributed by atoms with Gasteiger partial charge in [-0.2, -0.15) is 4.68 Å². The lowest BCUT2D eigenvalue weighted by Crippen LogP contribution is -2.28. The number of carbonyl (C=O) groups excluding carboxylic acids is 2. The third-order valence-electron chi connectivity index (χ3n) is 4.73. The Balaban J connectivity index is 1.51. The normalized spacial score (nSPS) is 10.7. The number of benzene rings is 2. The highest BCUT2D eigenvalue weighted by atomic mass is 16.5. The lowest BCUT2D eigenvalue weighted by molar-refractivity contribution is -0.116. The van der Waals surface area contributed by atoms with Crippen molar-refractivity contribution in [2.45, 2.75) is 13.5 Å². The zero-order valence-corrected chi connectivity index (χ0v) is 17.9. The summed E-state index contributed by atoms with van der Waals surface area (Å²) >= 11 is 0. The fraction of sp³-hybridized carbons (Fsp3) is 0.182. The van der Waals surface area contributed by atoms with Crippen LogP contribution in [0.5, 0.6) is 5.75 Å². The summed E-state index contributed by atoms with van der Waals surface area (Å²) in [6, 6.07) is 13.3. The van der Waals surface area contributed by atoms with E-state index in [-0.39, 0.29) is 17.7 Å².